The minimum atomic E-state index is -5.08. The SMILES string of the molecule is N=C(N)c1ccc(CC(C(=O)N[C@@H](CCC(=O)O)C(=O)NC(CCCN=C(N)N)C(N)=O)c2ccc3ccccc3c2)cc1.O=C(O)C(F)(F)F. The van der Waals surface area contributed by atoms with Crippen molar-refractivity contribution in [2.75, 3.05) is 6.54 Å². The van der Waals surface area contributed by atoms with Crippen LogP contribution in [0.3, 0.4) is 0 Å². The molecule has 0 aliphatic carbocycles. The molecule has 0 spiro atoms. The summed E-state index contributed by atoms with van der Waals surface area (Å²) in [7, 11) is 0. The zero-order valence-corrected chi connectivity index (χ0v) is 27.2. The number of benzene rings is 3. The van der Waals surface area contributed by atoms with Gasteiger partial charge in [0.2, 0.25) is 17.7 Å². The first-order chi connectivity index (χ1) is 23.9. The molecular formula is C33H39F3N8O7. The van der Waals surface area contributed by atoms with Crippen molar-refractivity contribution in [1.82, 2.24) is 10.6 Å². The Balaban J connectivity index is 0.00000116. The van der Waals surface area contributed by atoms with Crippen molar-refractivity contribution in [3.05, 3.63) is 83.4 Å². The Morgan fingerprint density at radius 2 is 1.39 bits per heavy atom. The van der Waals surface area contributed by atoms with Crippen LogP contribution in [-0.2, 0) is 30.4 Å². The number of aliphatic carboxylic acids is 2. The third-order valence-electron chi connectivity index (χ3n) is 7.32. The maximum Gasteiger partial charge on any atom is 0.490 e. The molecule has 3 rings (SSSR count). The second kappa shape index (κ2) is 19.1. The van der Waals surface area contributed by atoms with E-state index in [1.807, 2.05) is 42.5 Å². The maximum absolute atomic E-state index is 13.9. The molecule has 18 heteroatoms. The predicted molar refractivity (Wildman–Crippen MR) is 181 cm³/mol. The maximum atomic E-state index is 13.9. The Kier molecular flexibility index (Phi) is 15.4. The van der Waals surface area contributed by atoms with Crippen LogP contribution >= 0.6 is 0 Å². The number of carboxylic acid groups (broad SMARTS) is 2. The van der Waals surface area contributed by atoms with Crippen LogP contribution < -0.4 is 33.6 Å². The largest absolute Gasteiger partial charge is 0.490 e. The average Bonchev–Trinajstić information content (AvgIpc) is 3.06. The summed E-state index contributed by atoms with van der Waals surface area (Å²) in [5.74, 6) is -6.93. The number of aliphatic imine (C=N–C) groups is 1. The molecule has 0 bridgehead atoms. The van der Waals surface area contributed by atoms with Gasteiger partial charge in [0.15, 0.2) is 5.96 Å². The fraction of sp³-hybridized carbons (Fsp3) is 0.303. The average molecular weight is 717 g/mol. The Bertz CT molecular complexity index is 1750. The van der Waals surface area contributed by atoms with E-state index in [0.29, 0.717) is 17.5 Å². The van der Waals surface area contributed by atoms with Gasteiger partial charge in [-0.1, -0.05) is 66.7 Å². The van der Waals surface area contributed by atoms with Gasteiger partial charge in [-0.25, -0.2) is 4.79 Å². The van der Waals surface area contributed by atoms with Crippen LogP contribution in [0, 0.1) is 5.41 Å². The number of amides is 3. The highest BCUT2D eigenvalue weighted by atomic mass is 19.4. The summed E-state index contributed by atoms with van der Waals surface area (Å²) in [5, 5.41) is 31.2. The molecule has 3 aromatic carbocycles. The van der Waals surface area contributed by atoms with Gasteiger partial charge in [0.25, 0.3) is 0 Å². The van der Waals surface area contributed by atoms with Gasteiger partial charge >= 0.3 is 18.1 Å². The number of fused-ring (bicyclic) bond motifs is 1. The van der Waals surface area contributed by atoms with Crippen molar-refractivity contribution in [2.24, 2.45) is 27.9 Å². The van der Waals surface area contributed by atoms with Crippen LogP contribution in [0.4, 0.5) is 13.2 Å². The fourth-order valence-electron chi connectivity index (χ4n) is 4.71. The normalized spacial score (nSPS) is 12.6. The van der Waals surface area contributed by atoms with Crippen molar-refractivity contribution in [2.45, 2.75) is 56.3 Å². The molecule has 0 aliphatic heterocycles. The smallest absolute Gasteiger partial charge is 0.481 e. The molecule has 3 aromatic rings. The van der Waals surface area contributed by atoms with E-state index in [2.05, 4.69) is 15.6 Å². The first kappa shape index (κ1) is 41.0. The number of carbonyl (C=O) groups is 5. The number of hydrogen-bond donors (Lipinski definition) is 9. The number of hydrogen-bond acceptors (Lipinski definition) is 7. The van der Waals surface area contributed by atoms with Gasteiger partial charge in [-0.05, 0) is 47.6 Å². The lowest BCUT2D eigenvalue weighted by Gasteiger charge is -2.24. The van der Waals surface area contributed by atoms with E-state index in [-0.39, 0.29) is 37.6 Å². The lowest BCUT2D eigenvalue weighted by Crippen LogP contribution is -2.53. The molecule has 274 valence electrons. The fourth-order valence-corrected chi connectivity index (χ4v) is 4.71. The Morgan fingerprint density at radius 1 is 0.804 bits per heavy atom. The van der Waals surface area contributed by atoms with Crippen molar-refractivity contribution in [3.8, 4) is 0 Å². The van der Waals surface area contributed by atoms with Crippen molar-refractivity contribution in [1.29, 1.82) is 5.41 Å². The number of halogens is 3. The second-order valence-corrected chi connectivity index (χ2v) is 11.2. The van der Waals surface area contributed by atoms with Crippen LogP contribution in [0.5, 0.6) is 0 Å². The van der Waals surface area contributed by atoms with Gasteiger partial charge in [0.05, 0.1) is 5.92 Å². The van der Waals surface area contributed by atoms with E-state index in [1.165, 1.54) is 0 Å². The first-order valence-electron chi connectivity index (χ1n) is 15.3. The van der Waals surface area contributed by atoms with Gasteiger partial charge in [0, 0.05) is 18.5 Å². The molecule has 0 heterocycles. The molecule has 0 saturated heterocycles. The van der Waals surface area contributed by atoms with E-state index in [9.17, 15) is 37.5 Å². The monoisotopic (exact) mass is 716 g/mol. The molecule has 3 atom stereocenters. The molecule has 3 amide bonds. The van der Waals surface area contributed by atoms with E-state index < -0.39 is 60.3 Å². The summed E-state index contributed by atoms with van der Waals surface area (Å²) >= 11 is 0. The minimum Gasteiger partial charge on any atom is -0.481 e. The summed E-state index contributed by atoms with van der Waals surface area (Å²) in [6, 6.07) is 17.9. The molecule has 15 nitrogen and oxygen atoms in total. The van der Waals surface area contributed by atoms with E-state index in [4.69, 9.17) is 38.2 Å². The lowest BCUT2D eigenvalue weighted by molar-refractivity contribution is -0.192. The molecule has 2 unspecified atom stereocenters. The summed E-state index contributed by atoms with van der Waals surface area (Å²) in [5.41, 5.74) is 23.7. The van der Waals surface area contributed by atoms with Gasteiger partial charge in [0.1, 0.15) is 17.9 Å². The van der Waals surface area contributed by atoms with Gasteiger partial charge in [-0.15, -0.1) is 0 Å². The van der Waals surface area contributed by atoms with E-state index >= 15 is 0 Å². The molecule has 0 aromatic heterocycles. The number of nitrogens with two attached hydrogens (primary N) is 4. The molecule has 13 N–H and O–H groups in total. The van der Waals surface area contributed by atoms with Gasteiger partial charge < -0.3 is 43.8 Å². The number of nitrogens with zero attached hydrogens (tertiary/aromatic N) is 1. The summed E-state index contributed by atoms with van der Waals surface area (Å²) in [6.07, 6.45) is -5.00. The number of rotatable bonds is 16. The molecule has 0 aliphatic rings. The summed E-state index contributed by atoms with van der Waals surface area (Å²) in [4.78, 5) is 63.4. The second-order valence-electron chi connectivity index (χ2n) is 11.2. The Morgan fingerprint density at radius 3 is 1.92 bits per heavy atom. The highest BCUT2D eigenvalue weighted by Gasteiger charge is 2.38. The van der Waals surface area contributed by atoms with Crippen molar-refractivity contribution >= 4 is 52.2 Å². The van der Waals surface area contributed by atoms with Crippen LogP contribution in [0.15, 0.2) is 71.7 Å². The number of alkyl halides is 3. The number of nitrogens with one attached hydrogen (secondary N) is 3. The zero-order valence-electron chi connectivity index (χ0n) is 27.2. The molecular weight excluding hydrogens is 677 g/mol. The topological polar surface area (TPSA) is 290 Å². The standard InChI is InChI=1S/C31H38N8O5.C2HF3O2/c32-27(33)20-9-7-18(8-10-20)16-23(22-12-11-19-4-1-2-5-21(19)17-22)29(43)39-25(13-14-26(40)41)30(44)38-24(28(34)42)6-3-15-37-31(35)36;3-2(4,5)1(6)7/h1-2,4-5,7-12,17,23-25H,3,6,13-16H2,(H3,32,33)(H2,34,42)(H,38,44)(H,39,43)(H,40,41)(H4,35,36,37);(H,6,7)/t23?,24?,25-;/m0./s1. The number of carbonyl (C=O) groups excluding carboxylic acids is 3. The molecule has 0 fully saturated rings. The Hall–Kier alpha value is -6.20. The van der Waals surface area contributed by atoms with Gasteiger partial charge in [-0.3, -0.25) is 29.6 Å². The predicted octanol–water partition coefficient (Wildman–Crippen LogP) is 1.46. The van der Waals surface area contributed by atoms with Gasteiger partial charge in [-0.2, -0.15) is 13.2 Å². The number of guanidine groups is 1. The third kappa shape index (κ3) is 14.1. The minimum absolute atomic E-state index is 0.0850. The first-order valence-corrected chi connectivity index (χ1v) is 15.3. The Labute approximate surface area is 289 Å². The summed E-state index contributed by atoms with van der Waals surface area (Å²) in [6.45, 7) is 0.210. The molecule has 0 saturated carbocycles. The van der Waals surface area contributed by atoms with Crippen LogP contribution in [0.1, 0.15) is 48.3 Å². The number of carboxylic acids is 2. The number of amidine groups is 1. The summed E-state index contributed by atoms with van der Waals surface area (Å²) < 4.78 is 31.7. The highest BCUT2D eigenvalue weighted by molar-refractivity contribution is 5.95. The quantitative estimate of drug-likeness (QED) is 0.0584. The molecule has 0 radical (unpaired) electrons. The van der Waals surface area contributed by atoms with Crippen LogP contribution in [0.2, 0.25) is 0 Å². The highest BCUT2D eigenvalue weighted by Crippen LogP contribution is 2.26. The molecule has 51 heavy (non-hydrogen) atoms. The van der Waals surface area contributed by atoms with Crippen molar-refractivity contribution < 1.29 is 47.4 Å². The third-order valence-corrected chi connectivity index (χ3v) is 7.32. The van der Waals surface area contributed by atoms with E-state index in [1.54, 1.807) is 24.3 Å². The van der Waals surface area contributed by atoms with Crippen LogP contribution in [-0.4, -0.2) is 76.5 Å². The number of nitrogen functional groups attached to an aromatic ring is 1. The van der Waals surface area contributed by atoms with E-state index in [0.717, 1.165) is 16.3 Å². The van der Waals surface area contributed by atoms with Crippen LogP contribution in [0.25, 0.3) is 10.8 Å². The number of primary amides is 1. The lowest BCUT2D eigenvalue weighted by atomic mass is 9.89. The van der Waals surface area contributed by atoms with Crippen molar-refractivity contribution in [3.63, 3.8) is 0 Å². The zero-order chi connectivity index (χ0) is 38.3.